The molecule has 0 radical (unpaired) electrons. The van der Waals surface area contributed by atoms with Crippen molar-refractivity contribution in [2.75, 3.05) is 13.1 Å². The Hall–Kier alpha value is -2.75. The molecule has 1 fully saturated rings. The zero-order chi connectivity index (χ0) is 20.6. The van der Waals surface area contributed by atoms with Crippen molar-refractivity contribution in [3.8, 4) is 0 Å². The Morgan fingerprint density at radius 3 is 2.72 bits per heavy atom. The largest absolute Gasteiger partial charge is 0.389 e. The number of amidine groups is 1. The van der Waals surface area contributed by atoms with Gasteiger partial charge in [0.05, 0.1) is 17.0 Å². The van der Waals surface area contributed by atoms with Crippen molar-refractivity contribution >= 4 is 21.5 Å². The molecule has 29 heavy (non-hydrogen) atoms. The van der Waals surface area contributed by atoms with Crippen LogP contribution in [0.2, 0.25) is 0 Å². The lowest BCUT2D eigenvalue weighted by molar-refractivity contribution is 0.0762. The van der Waals surface area contributed by atoms with Crippen molar-refractivity contribution in [2.45, 2.75) is 30.4 Å². The van der Waals surface area contributed by atoms with Gasteiger partial charge in [0.15, 0.2) is 0 Å². The molecule has 3 heterocycles. The van der Waals surface area contributed by atoms with Gasteiger partial charge in [0, 0.05) is 37.2 Å². The van der Waals surface area contributed by atoms with Crippen LogP contribution in [0.25, 0.3) is 5.65 Å². The highest BCUT2D eigenvalue weighted by Gasteiger charge is 2.38. The summed E-state index contributed by atoms with van der Waals surface area (Å²) in [4.78, 5) is 8.81. The monoisotopic (exact) mass is 413 g/mol. The summed E-state index contributed by atoms with van der Waals surface area (Å²) in [6.07, 6.45) is 5.85. The normalized spacial score (nSPS) is 21.1. The summed E-state index contributed by atoms with van der Waals surface area (Å²) < 4.78 is 28.7. The van der Waals surface area contributed by atoms with Crippen LogP contribution in [0.1, 0.15) is 24.5 Å². The number of benzene rings is 1. The first-order valence-electron chi connectivity index (χ1n) is 9.29. The van der Waals surface area contributed by atoms with E-state index in [1.165, 1.54) is 4.31 Å². The number of fused-ring (bicyclic) bond motifs is 1. The van der Waals surface area contributed by atoms with E-state index in [1.807, 2.05) is 28.9 Å². The van der Waals surface area contributed by atoms with E-state index in [1.54, 1.807) is 37.4 Å². The third-order valence-corrected chi connectivity index (χ3v) is 6.95. The number of sulfonamides is 1. The van der Waals surface area contributed by atoms with Crippen molar-refractivity contribution in [3.63, 3.8) is 0 Å². The summed E-state index contributed by atoms with van der Waals surface area (Å²) in [5.74, 6) is 0.400. The smallest absolute Gasteiger partial charge is 0.243 e. The highest BCUT2D eigenvalue weighted by molar-refractivity contribution is 7.89. The summed E-state index contributed by atoms with van der Waals surface area (Å²) in [6, 6.07) is 10.3. The predicted molar refractivity (Wildman–Crippen MR) is 110 cm³/mol. The van der Waals surface area contributed by atoms with E-state index in [4.69, 9.17) is 5.73 Å². The first kappa shape index (κ1) is 19.6. The number of aliphatic imine (C=N–C) groups is 1. The molecular weight excluding hydrogens is 390 g/mol. The summed E-state index contributed by atoms with van der Waals surface area (Å²) in [7, 11) is -3.61. The first-order chi connectivity index (χ1) is 13.7. The van der Waals surface area contributed by atoms with Crippen LogP contribution in [0.3, 0.4) is 0 Å². The van der Waals surface area contributed by atoms with Gasteiger partial charge in [-0.25, -0.2) is 13.4 Å². The van der Waals surface area contributed by atoms with Crippen LogP contribution >= 0.6 is 0 Å². The highest BCUT2D eigenvalue weighted by Crippen LogP contribution is 2.27. The molecule has 2 aromatic heterocycles. The number of nitrogens with zero attached hydrogens (tertiary/aromatic N) is 4. The van der Waals surface area contributed by atoms with Crippen LogP contribution in [-0.4, -0.2) is 51.7 Å². The van der Waals surface area contributed by atoms with Gasteiger partial charge in [0.2, 0.25) is 10.0 Å². The Morgan fingerprint density at radius 2 is 2.03 bits per heavy atom. The van der Waals surface area contributed by atoms with Gasteiger partial charge in [-0.2, -0.15) is 4.31 Å². The van der Waals surface area contributed by atoms with Gasteiger partial charge in [-0.3, -0.25) is 4.99 Å². The van der Waals surface area contributed by atoms with Crippen LogP contribution in [0.4, 0.5) is 0 Å². The Balaban J connectivity index is 1.47. The maximum absolute atomic E-state index is 12.7. The SMILES string of the molecule is CC1(O)CCN(S(=O)(=O)c2ccc(CN=C(N)c3ccc4nccn4c3)cc2)C1. The minimum absolute atomic E-state index is 0.110. The van der Waals surface area contributed by atoms with E-state index in [2.05, 4.69) is 9.98 Å². The second-order valence-electron chi connectivity index (χ2n) is 7.54. The lowest BCUT2D eigenvalue weighted by Crippen LogP contribution is -2.33. The molecule has 0 spiro atoms. The molecule has 3 N–H and O–H groups in total. The van der Waals surface area contributed by atoms with E-state index in [0.29, 0.717) is 25.3 Å². The number of β-amino-alcohol motifs (C(OH)–C–C–N with tert-alkyl or cyclic N) is 1. The molecule has 9 heteroatoms. The zero-order valence-electron chi connectivity index (χ0n) is 16.1. The number of pyridine rings is 1. The number of aromatic nitrogens is 2. The van der Waals surface area contributed by atoms with E-state index >= 15 is 0 Å². The average Bonchev–Trinajstić information content (AvgIpc) is 3.32. The first-order valence-corrected chi connectivity index (χ1v) is 10.7. The highest BCUT2D eigenvalue weighted by atomic mass is 32.2. The summed E-state index contributed by atoms with van der Waals surface area (Å²) in [6.45, 7) is 2.42. The van der Waals surface area contributed by atoms with Crippen molar-refractivity contribution in [3.05, 3.63) is 66.1 Å². The van der Waals surface area contributed by atoms with Gasteiger partial charge in [-0.15, -0.1) is 0 Å². The van der Waals surface area contributed by atoms with Crippen LogP contribution in [0.15, 0.2) is 64.9 Å². The van der Waals surface area contributed by atoms with Crippen LogP contribution in [0.5, 0.6) is 0 Å². The third-order valence-electron chi connectivity index (χ3n) is 5.09. The molecule has 1 aromatic carbocycles. The second-order valence-corrected chi connectivity index (χ2v) is 9.48. The van der Waals surface area contributed by atoms with Crippen molar-refractivity contribution in [1.29, 1.82) is 0 Å². The van der Waals surface area contributed by atoms with E-state index < -0.39 is 15.6 Å². The molecule has 0 aliphatic carbocycles. The number of aliphatic hydroxyl groups is 1. The molecule has 1 unspecified atom stereocenters. The zero-order valence-corrected chi connectivity index (χ0v) is 16.9. The number of imidazole rings is 1. The van der Waals surface area contributed by atoms with Gasteiger partial charge >= 0.3 is 0 Å². The van der Waals surface area contributed by atoms with Gasteiger partial charge in [0.25, 0.3) is 0 Å². The molecule has 1 aliphatic heterocycles. The number of rotatable bonds is 5. The van der Waals surface area contributed by atoms with Crippen LogP contribution < -0.4 is 5.73 Å². The Bertz CT molecular complexity index is 1170. The molecule has 4 rings (SSSR count). The third kappa shape index (κ3) is 4.02. The summed E-state index contributed by atoms with van der Waals surface area (Å²) in [5, 5.41) is 10.0. The molecule has 0 bridgehead atoms. The molecular formula is C20H23N5O3S. The molecule has 8 nitrogen and oxygen atoms in total. The Morgan fingerprint density at radius 1 is 1.28 bits per heavy atom. The number of nitrogens with two attached hydrogens (primary N) is 1. The summed E-state index contributed by atoms with van der Waals surface area (Å²) >= 11 is 0. The summed E-state index contributed by atoms with van der Waals surface area (Å²) in [5.41, 5.74) is 7.60. The fourth-order valence-corrected chi connectivity index (χ4v) is 4.92. The second kappa shape index (κ2) is 7.25. The minimum Gasteiger partial charge on any atom is -0.389 e. The number of hydrogen-bond acceptors (Lipinski definition) is 5. The minimum atomic E-state index is -3.61. The van der Waals surface area contributed by atoms with E-state index in [-0.39, 0.29) is 11.4 Å². The fraction of sp³-hybridized carbons (Fsp3) is 0.300. The average molecular weight is 414 g/mol. The molecule has 1 atom stereocenters. The lowest BCUT2D eigenvalue weighted by Gasteiger charge is -2.19. The van der Waals surface area contributed by atoms with Gasteiger partial charge < -0.3 is 15.2 Å². The van der Waals surface area contributed by atoms with Crippen molar-refractivity contribution < 1.29 is 13.5 Å². The lowest BCUT2D eigenvalue weighted by atomic mass is 10.1. The predicted octanol–water partition coefficient (Wildman–Crippen LogP) is 1.39. The molecule has 3 aromatic rings. The molecule has 0 amide bonds. The Kier molecular flexibility index (Phi) is 4.89. The van der Waals surface area contributed by atoms with Crippen molar-refractivity contribution in [2.24, 2.45) is 10.7 Å². The van der Waals surface area contributed by atoms with Crippen molar-refractivity contribution in [1.82, 2.24) is 13.7 Å². The molecule has 152 valence electrons. The van der Waals surface area contributed by atoms with E-state index in [0.717, 1.165) is 16.8 Å². The van der Waals surface area contributed by atoms with Gasteiger partial charge in [-0.05, 0) is 43.2 Å². The van der Waals surface area contributed by atoms with Gasteiger partial charge in [0.1, 0.15) is 11.5 Å². The van der Waals surface area contributed by atoms with Crippen LogP contribution in [0, 0.1) is 0 Å². The number of hydrogen-bond donors (Lipinski definition) is 2. The topological polar surface area (TPSA) is 113 Å². The maximum Gasteiger partial charge on any atom is 0.243 e. The van der Waals surface area contributed by atoms with E-state index in [9.17, 15) is 13.5 Å². The molecule has 1 saturated heterocycles. The maximum atomic E-state index is 12.7. The fourth-order valence-electron chi connectivity index (χ4n) is 3.36. The quantitative estimate of drug-likeness (QED) is 0.485. The molecule has 0 saturated carbocycles. The van der Waals surface area contributed by atoms with Crippen LogP contribution in [-0.2, 0) is 16.6 Å². The van der Waals surface area contributed by atoms with Gasteiger partial charge in [-0.1, -0.05) is 12.1 Å². The molecule has 1 aliphatic rings. The standard InChI is InChI=1S/C20H23N5O3S/c1-20(26)8-10-25(14-20)29(27,28)17-5-2-15(3-6-17)12-23-19(21)16-4-7-18-22-9-11-24(18)13-16/h2-7,9,11,13,26H,8,10,12,14H2,1H3,(H2,21,23). The Labute approximate surface area is 169 Å².